The number of benzene rings is 2. The Morgan fingerprint density at radius 2 is 1.72 bits per heavy atom. The molecule has 2 aromatic rings. The SMILES string of the molecule is CN(Cc1ccccc1F)C(=O)COC(=O)CCOc1ccccc1. The first-order valence-electron chi connectivity index (χ1n) is 7.87. The fourth-order valence-electron chi connectivity index (χ4n) is 2.06. The van der Waals surface area contributed by atoms with Gasteiger partial charge in [-0.1, -0.05) is 36.4 Å². The van der Waals surface area contributed by atoms with Crippen molar-refractivity contribution in [3.8, 4) is 5.75 Å². The number of carbonyl (C=O) groups excluding carboxylic acids is 2. The zero-order valence-corrected chi connectivity index (χ0v) is 14.0. The lowest BCUT2D eigenvalue weighted by Crippen LogP contribution is -2.31. The van der Waals surface area contributed by atoms with E-state index in [0.29, 0.717) is 11.3 Å². The van der Waals surface area contributed by atoms with Crippen molar-refractivity contribution in [1.82, 2.24) is 4.90 Å². The lowest BCUT2D eigenvalue weighted by Gasteiger charge is -2.17. The highest BCUT2D eigenvalue weighted by molar-refractivity contribution is 5.80. The van der Waals surface area contributed by atoms with Gasteiger partial charge in [-0.05, 0) is 18.2 Å². The fourth-order valence-corrected chi connectivity index (χ4v) is 2.06. The standard InChI is InChI=1S/C19H20FNO4/c1-21(13-15-7-5-6-10-17(15)20)18(22)14-25-19(23)11-12-24-16-8-3-2-4-9-16/h2-10H,11-14H2,1H3. The average Bonchev–Trinajstić information content (AvgIpc) is 2.62. The molecule has 0 radical (unpaired) electrons. The largest absolute Gasteiger partial charge is 0.493 e. The lowest BCUT2D eigenvalue weighted by atomic mass is 10.2. The highest BCUT2D eigenvalue weighted by Gasteiger charge is 2.14. The minimum atomic E-state index is -0.524. The van der Waals surface area contributed by atoms with Crippen LogP contribution in [-0.2, 0) is 20.9 Å². The summed E-state index contributed by atoms with van der Waals surface area (Å²) in [5.41, 5.74) is 0.404. The molecule has 0 saturated heterocycles. The summed E-state index contributed by atoms with van der Waals surface area (Å²) in [4.78, 5) is 24.9. The van der Waals surface area contributed by atoms with Gasteiger partial charge in [-0.3, -0.25) is 9.59 Å². The molecular formula is C19H20FNO4. The Labute approximate surface area is 146 Å². The van der Waals surface area contributed by atoms with Gasteiger partial charge < -0.3 is 14.4 Å². The van der Waals surface area contributed by atoms with Gasteiger partial charge in [0.25, 0.3) is 5.91 Å². The van der Waals surface area contributed by atoms with Crippen LogP contribution in [0.25, 0.3) is 0 Å². The van der Waals surface area contributed by atoms with Crippen molar-refractivity contribution < 1.29 is 23.5 Å². The normalized spacial score (nSPS) is 10.2. The third-order valence-corrected chi connectivity index (χ3v) is 3.47. The van der Waals surface area contributed by atoms with Crippen LogP contribution in [0.3, 0.4) is 0 Å². The predicted molar refractivity (Wildman–Crippen MR) is 90.4 cm³/mol. The molecule has 0 spiro atoms. The van der Waals surface area contributed by atoms with Crippen molar-refractivity contribution in [2.24, 2.45) is 0 Å². The second kappa shape index (κ2) is 9.42. The number of esters is 1. The summed E-state index contributed by atoms with van der Waals surface area (Å²) >= 11 is 0. The molecule has 0 bridgehead atoms. The van der Waals surface area contributed by atoms with Crippen molar-refractivity contribution in [2.75, 3.05) is 20.3 Å². The Morgan fingerprint density at radius 3 is 2.44 bits per heavy atom. The first-order chi connectivity index (χ1) is 12.1. The third kappa shape index (κ3) is 6.25. The van der Waals surface area contributed by atoms with E-state index in [1.807, 2.05) is 18.2 Å². The van der Waals surface area contributed by atoms with E-state index in [-0.39, 0.29) is 32.0 Å². The average molecular weight is 345 g/mol. The molecule has 0 heterocycles. The van der Waals surface area contributed by atoms with Gasteiger partial charge in [0.1, 0.15) is 11.6 Å². The summed E-state index contributed by atoms with van der Waals surface area (Å²) in [6, 6.07) is 15.3. The van der Waals surface area contributed by atoms with E-state index in [1.165, 1.54) is 18.0 Å². The van der Waals surface area contributed by atoms with Gasteiger partial charge in [0, 0.05) is 19.2 Å². The topological polar surface area (TPSA) is 55.8 Å². The molecule has 0 aromatic heterocycles. The number of likely N-dealkylation sites (N-methyl/N-ethyl adjacent to an activating group) is 1. The molecule has 0 aliphatic carbocycles. The number of para-hydroxylation sites is 1. The Bertz CT molecular complexity index is 706. The molecule has 0 N–H and O–H groups in total. The summed E-state index contributed by atoms with van der Waals surface area (Å²) in [5, 5.41) is 0. The third-order valence-electron chi connectivity index (χ3n) is 3.47. The maximum absolute atomic E-state index is 13.6. The second-order valence-corrected chi connectivity index (χ2v) is 5.41. The molecule has 0 aliphatic heterocycles. The number of carbonyl (C=O) groups is 2. The maximum atomic E-state index is 13.6. The highest BCUT2D eigenvalue weighted by Crippen LogP contribution is 2.10. The number of rotatable bonds is 8. The molecule has 6 heteroatoms. The van der Waals surface area contributed by atoms with Crippen molar-refractivity contribution in [1.29, 1.82) is 0 Å². The second-order valence-electron chi connectivity index (χ2n) is 5.41. The Kier molecular flexibility index (Phi) is 6.95. The van der Waals surface area contributed by atoms with Gasteiger partial charge in [0.2, 0.25) is 0 Å². The minimum absolute atomic E-state index is 0.0409. The molecule has 132 valence electrons. The number of nitrogens with zero attached hydrogens (tertiary/aromatic N) is 1. The molecule has 1 amide bonds. The molecule has 0 fully saturated rings. The van der Waals surface area contributed by atoms with E-state index in [9.17, 15) is 14.0 Å². The van der Waals surface area contributed by atoms with E-state index < -0.39 is 11.9 Å². The zero-order valence-electron chi connectivity index (χ0n) is 14.0. The fraction of sp³-hybridized carbons (Fsp3) is 0.263. The Morgan fingerprint density at radius 1 is 1.04 bits per heavy atom. The molecule has 0 unspecified atom stereocenters. The van der Waals surface area contributed by atoms with E-state index in [1.54, 1.807) is 30.3 Å². The van der Waals surface area contributed by atoms with E-state index in [2.05, 4.69) is 0 Å². The number of amides is 1. The zero-order chi connectivity index (χ0) is 18.1. The van der Waals surface area contributed by atoms with Crippen molar-refractivity contribution in [2.45, 2.75) is 13.0 Å². The molecule has 0 saturated carbocycles. The molecule has 0 atom stereocenters. The summed E-state index contributed by atoms with van der Waals surface area (Å²) in [5.74, 6) is -0.641. The molecule has 5 nitrogen and oxygen atoms in total. The Hall–Kier alpha value is -2.89. The molecular weight excluding hydrogens is 325 g/mol. The number of ether oxygens (including phenoxy) is 2. The first kappa shape index (κ1) is 18.4. The van der Waals surface area contributed by atoms with E-state index >= 15 is 0 Å². The molecule has 2 aromatic carbocycles. The maximum Gasteiger partial charge on any atom is 0.309 e. The smallest absolute Gasteiger partial charge is 0.309 e. The van der Waals surface area contributed by atoms with E-state index in [0.717, 1.165) is 0 Å². The highest BCUT2D eigenvalue weighted by atomic mass is 19.1. The van der Waals surface area contributed by atoms with Gasteiger partial charge in [-0.15, -0.1) is 0 Å². The van der Waals surface area contributed by atoms with Crippen molar-refractivity contribution >= 4 is 11.9 Å². The number of hydrogen-bond donors (Lipinski definition) is 0. The van der Waals surface area contributed by atoms with E-state index in [4.69, 9.17) is 9.47 Å². The van der Waals surface area contributed by atoms with Crippen LogP contribution in [0.15, 0.2) is 54.6 Å². The summed E-state index contributed by atoms with van der Waals surface area (Å²) in [6.07, 6.45) is 0.0409. The van der Waals surface area contributed by atoms with Crippen LogP contribution < -0.4 is 4.74 Å². The van der Waals surface area contributed by atoms with Crippen LogP contribution in [-0.4, -0.2) is 37.0 Å². The van der Waals surface area contributed by atoms with Crippen LogP contribution >= 0.6 is 0 Å². The van der Waals surface area contributed by atoms with Crippen LogP contribution in [0, 0.1) is 5.82 Å². The first-order valence-corrected chi connectivity index (χ1v) is 7.87. The summed E-state index contributed by atoms with van der Waals surface area (Å²) < 4.78 is 23.9. The van der Waals surface area contributed by atoms with Crippen LogP contribution in [0.2, 0.25) is 0 Å². The van der Waals surface area contributed by atoms with Gasteiger partial charge in [-0.2, -0.15) is 0 Å². The summed E-state index contributed by atoms with van der Waals surface area (Å²) in [6.45, 7) is -0.0998. The number of hydrogen-bond acceptors (Lipinski definition) is 4. The quantitative estimate of drug-likeness (QED) is 0.691. The predicted octanol–water partition coefficient (Wildman–Crippen LogP) is 2.80. The minimum Gasteiger partial charge on any atom is -0.493 e. The van der Waals surface area contributed by atoms with Gasteiger partial charge >= 0.3 is 5.97 Å². The van der Waals surface area contributed by atoms with Crippen LogP contribution in [0.4, 0.5) is 4.39 Å². The molecule has 2 rings (SSSR count). The van der Waals surface area contributed by atoms with Crippen LogP contribution in [0.1, 0.15) is 12.0 Å². The molecule has 0 aliphatic rings. The molecule has 25 heavy (non-hydrogen) atoms. The monoisotopic (exact) mass is 345 g/mol. The number of halogens is 1. The van der Waals surface area contributed by atoms with Crippen LogP contribution in [0.5, 0.6) is 5.75 Å². The van der Waals surface area contributed by atoms with Gasteiger partial charge in [0.05, 0.1) is 13.0 Å². The van der Waals surface area contributed by atoms with Gasteiger partial charge in [0.15, 0.2) is 6.61 Å². The van der Waals surface area contributed by atoms with Crippen molar-refractivity contribution in [3.63, 3.8) is 0 Å². The van der Waals surface area contributed by atoms with Gasteiger partial charge in [-0.25, -0.2) is 4.39 Å². The Balaban J connectivity index is 1.68. The lowest BCUT2D eigenvalue weighted by molar-refractivity contribution is -0.152. The van der Waals surface area contributed by atoms with Crippen molar-refractivity contribution in [3.05, 3.63) is 66.0 Å². The summed E-state index contributed by atoms with van der Waals surface area (Å²) in [7, 11) is 1.53.